The lowest BCUT2D eigenvalue weighted by Gasteiger charge is -2.01. The van der Waals surface area contributed by atoms with Crippen molar-refractivity contribution in [3.63, 3.8) is 0 Å². The van der Waals surface area contributed by atoms with Crippen LogP contribution >= 0.6 is 0 Å². The predicted octanol–water partition coefficient (Wildman–Crippen LogP) is 4.89. The molecule has 0 saturated heterocycles. The molecule has 0 radical (unpaired) electrons. The van der Waals surface area contributed by atoms with E-state index in [0.717, 1.165) is 22.6 Å². The fraction of sp³-hybridized carbons (Fsp3) is 0.0800. The molecule has 1 aromatic heterocycles. The van der Waals surface area contributed by atoms with E-state index in [0.29, 0.717) is 11.1 Å². The van der Waals surface area contributed by atoms with E-state index in [1.165, 1.54) is 24.5 Å². The van der Waals surface area contributed by atoms with Gasteiger partial charge in [0.1, 0.15) is 11.5 Å². The largest absolute Gasteiger partial charge is 0.497 e. The van der Waals surface area contributed by atoms with Crippen molar-refractivity contribution >= 4 is 23.7 Å². The molecule has 0 spiro atoms. The summed E-state index contributed by atoms with van der Waals surface area (Å²) in [6.45, 7) is 0. The first-order valence-electron chi connectivity index (χ1n) is 9.27. The summed E-state index contributed by atoms with van der Waals surface area (Å²) in [6, 6.07) is 16.2. The maximum atomic E-state index is 12.5. The fourth-order valence-corrected chi connectivity index (χ4v) is 2.68. The van der Waals surface area contributed by atoms with Crippen LogP contribution in [0.15, 0.2) is 79.1 Å². The minimum absolute atomic E-state index is 0.230. The van der Waals surface area contributed by atoms with E-state index >= 15 is 0 Å². The number of ketones is 2. The molecule has 0 N–H and O–H groups in total. The van der Waals surface area contributed by atoms with Gasteiger partial charge < -0.3 is 9.47 Å². The molecule has 0 aliphatic heterocycles. The van der Waals surface area contributed by atoms with E-state index in [4.69, 9.17) is 9.47 Å². The number of allylic oxidation sites excluding steroid dienone is 2. The van der Waals surface area contributed by atoms with Crippen molar-refractivity contribution in [2.24, 2.45) is 0 Å². The Morgan fingerprint density at radius 3 is 1.47 bits per heavy atom. The molecule has 0 unspecified atom stereocenters. The molecule has 3 aromatic rings. The summed E-state index contributed by atoms with van der Waals surface area (Å²) >= 11 is 0. The molecule has 5 nitrogen and oxygen atoms in total. The van der Waals surface area contributed by atoms with Crippen molar-refractivity contribution in [2.75, 3.05) is 14.2 Å². The number of carbonyl (C=O) groups excluding carboxylic acids is 2. The third-order valence-corrected chi connectivity index (χ3v) is 4.39. The second-order valence-electron chi connectivity index (χ2n) is 6.40. The molecule has 0 atom stereocenters. The molecule has 0 bridgehead atoms. The maximum absolute atomic E-state index is 12.5. The Hall–Kier alpha value is -3.99. The number of ether oxygens (including phenoxy) is 2. The highest BCUT2D eigenvalue weighted by Gasteiger charge is 2.08. The molecule has 0 aliphatic carbocycles. The van der Waals surface area contributed by atoms with E-state index in [9.17, 15) is 9.59 Å². The number of pyridine rings is 1. The van der Waals surface area contributed by atoms with Gasteiger partial charge in [-0.3, -0.25) is 14.6 Å². The SMILES string of the molecule is COc1ccc(/C=C/C(=O)c2cncc(C(=O)/C=C/c3ccc(OC)cc3)c2)cc1. The zero-order valence-corrected chi connectivity index (χ0v) is 16.7. The molecule has 3 rings (SSSR count). The van der Waals surface area contributed by atoms with Crippen molar-refractivity contribution < 1.29 is 19.1 Å². The normalized spacial score (nSPS) is 11.0. The van der Waals surface area contributed by atoms with Gasteiger partial charge in [0.15, 0.2) is 11.6 Å². The first-order valence-corrected chi connectivity index (χ1v) is 9.27. The van der Waals surface area contributed by atoms with Crippen LogP contribution in [-0.4, -0.2) is 30.8 Å². The molecule has 0 fully saturated rings. The van der Waals surface area contributed by atoms with Crippen LogP contribution in [0.5, 0.6) is 11.5 Å². The number of carbonyl (C=O) groups is 2. The highest BCUT2D eigenvalue weighted by Crippen LogP contribution is 2.15. The number of hydrogen-bond donors (Lipinski definition) is 0. The fourth-order valence-electron chi connectivity index (χ4n) is 2.68. The molecule has 0 aliphatic rings. The second kappa shape index (κ2) is 9.98. The van der Waals surface area contributed by atoms with Gasteiger partial charge in [0.25, 0.3) is 0 Å². The number of methoxy groups -OCH3 is 2. The number of aromatic nitrogens is 1. The quantitative estimate of drug-likeness (QED) is 0.399. The van der Waals surface area contributed by atoms with Crippen molar-refractivity contribution in [3.8, 4) is 11.5 Å². The van der Waals surface area contributed by atoms with Crippen LogP contribution in [0.2, 0.25) is 0 Å². The van der Waals surface area contributed by atoms with Crippen LogP contribution in [0.25, 0.3) is 12.2 Å². The zero-order chi connectivity index (χ0) is 21.3. The average Bonchev–Trinajstić information content (AvgIpc) is 2.81. The van der Waals surface area contributed by atoms with Gasteiger partial charge in [0, 0.05) is 23.5 Å². The van der Waals surface area contributed by atoms with Crippen LogP contribution in [0, 0.1) is 0 Å². The Kier molecular flexibility index (Phi) is 6.90. The molecular weight excluding hydrogens is 378 g/mol. The van der Waals surface area contributed by atoms with E-state index < -0.39 is 0 Å². The monoisotopic (exact) mass is 399 g/mol. The Balaban J connectivity index is 1.69. The lowest BCUT2D eigenvalue weighted by atomic mass is 10.1. The number of benzene rings is 2. The van der Waals surface area contributed by atoms with Crippen molar-refractivity contribution in [1.29, 1.82) is 0 Å². The van der Waals surface area contributed by atoms with Gasteiger partial charge in [0.2, 0.25) is 0 Å². The Morgan fingerprint density at radius 2 is 1.10 bits per heavy atom. The van der Waals surface area contributed by atoms with E-state index in [1.54, 1.807) is 32.4 Å². The van der Waals surface area contributed by atoms with Crippen LogP contribution in [0.1, 0.15) is 31.8 Å². The zero-order valence-electron chi connectivity index (χ0n) is 16.7. The summed E-state index contributed by atoms with van der Waals surface area (Å²) in [6.07, 6.45) is 9.23. The molecule has 0 saturated carbocycles. The van der Waals surface area contributed by atoms with Gasteiger partial charge >= 0.3 is 0 Å². The van der Waals surface area contributed by atoms with E-state index in [2.05, 4.69) is 4.98 Å². The first-order chi connectivity index (χ1) is 14.6. The molecule has 0 amide bonds. The summed E-state index contributed by atoms with van der Waals surface area (Å²) in [5.41, 5.74) is 2.44. The summed E-state index contributed by atoms with van der Waals surface area (Å²) in [7, 11) is 3.20. The average molecular weight is 399 g/mol. The third-order valence-electron chi connectivity index (χ3n) is 4.39. The Bertz CT molecular complexity index is 996. The van der Waals surface area contributed by atoms with E-state index in [-0.39, 0.29) is 11.6 Å². The molecule has 30 heavy (non-hydrogen) atoms. The summed E-state index contributed by atoms with van der Waals surface area (Å²) < 4.78 is 10.2. The summed E-state index contributed by atoms with van der Waals surface area (Å²) in [4.78, 5) is 29.0. The molecule has 2 aromatic carbocycles. The van der Waals surface area contributed by atoms with E-state index in [1.807, 2.05) is 48.5 Å². The highest BCUT2D eigenvalue weighted by atomic mass is 16.5. The number of rotatable bonds is 8. The van der Waals surface area contributed by atoms with Crippen LogP contribution in [0.3, 0.4) is 0 Å². The maximum Gasteiger partial charge on any atom is 0.187 e. The lowest BCUT2D eigenvalue weighted by molar-refractivity contribution is 0.104. The van der Waals surface area contributed by atoms with Crippen LogP contribution in [-0.2, 0) is 0 Å². The summed E-state index contributed by atoms with van der Waals surface area (Å²) in [5, 5.41) is 0. The Labute approximate surface area is 175 Å². The second-order valence-corrected chi connectivity index (χ2v) is 6.40. The number of nitrogens with zero attached hydrogens (tertiary/aromatic N) is 1. The van der Waals surface area contributed by atoms with Gasteiger partial charge in [-0.05, 0) is 53.6 Å². The Morgan fingerprint density at radius 1 is 0.700 bits per heavy atom. The van der Waals surface area contributed by atoms with Gasteiger partial charge in [-0.15, -0.1) is 0 Å². The van der Waals surface area contributed by atoms with Gasteiger partial charge in [-0.2, -0.15) is 0 Å². The number of hydrogen-bond acceptors (Lipinski definition) is 5. The molecular formula is C25H21NO4. The van der Waals surface area contributed by atoms with Crippen molar-refractivity contribution in [3.05, 3.63) is 101 Å². The van der Waals surface area contributed by atoms with Crippen molar-refractivity contribution in [2.45, 2.75) is 0 Å². The standard InChI is InChI=1S/C25H21NO4/c1-29-22-9-3-18(4-10-22)7-13-24(27)20-15-21(17-26-16-20)25(28)14-8-19-5-11-23(30-2)12-6-19/h3-17H,1-2H3/b13-7+,14-8+. The van der Waals surface area contributed by atoms with Crippen molar-refractivity contribution in [1.82, 2.24) is 4.98 Å². The molecule has 5 heteroatoms. The lowest BCUT2D eigenvalue weighted by Crippen LogP contribution is -2.01. The van der Waals surface area contributed by atoms with Gasteiger partial charge in [-0.1, -0.05) is 36.4 Å². The predicted molar refractivity (Wildman–Crippen MR) is 117 cm³/mol. The van der Waals surface area contributed by atoms with Crippen LogP contribution in [0.4, 0.5) is 0 Å². The molecule has 1 heterocycles. The van der Waals surface area contributed by atoms with Gasteiger partial charge in [-0.25, -0.2) is 0 Å². The molecule has 150 valence electrons. The van der Waals surface area contributed by atoms with Gasteiger partial charge in [0.05, 0.1) is 14.2 Å². The van der Waals surface area contributed by atoms with Crippen LogP contribution < -0.4 is 9.47 Å². The summed E-state index contributed by atoms with van der Waals surface area (Å²) in [5.74, 6) is 1.03. The minimum atomic E-state index is -0.230. The minimum Gasteiger partial charge on any atom is -0.497 e. The third kappa shape index (κ3) is 5.52. The highest BCUT2D eigenvalue weighted by molar-refractivity contribution is 6.10. The first kappa shape index (κ1) is 20.7. The topological polar surface area (TPSA) is 65.5 Å². The smallest absolute Gasteiger partial charge is 0.187 e.